The number of carbonyl (C=O) groups is 1. The molecule has 102 valence electrons. The zero-order chi connectivity index (χ0) is 13.1. The molecule has 1 atom stereocenters. The monoisotopic (exact) mass is 247 g/mol. The van der Waals surface area contributed by atoms with Crippen molar-refractivity contribution in [1.82, 2.24) is 4.90 Å². The molecule has 5 heteroatoms. The van der Waals surface area contributed by atoms with Gasteiger partial charge in [0.15, 0.2) is 0 Å². The SMILES string of the molecule is COCCC(C)N(CCOC)CCC(=O)OC. The molecule has 0 heterocycles. The average molecular weight is 247 g/mol. The molecule has 0 bridgehead atoms. The summed E-state index contributed by atoms with van der Waals surface area (Å²) >= 11 is 0. The van der Waals surface area contributed by atoms with Gasteiger partial charge >= 0.3 is 5.97 Å². The zero-order valence-corrected chi connectivity index (χ0v) is 11.4. The Bertz CT molecular complexity index is 199. The van der Waals surface area contributed by atoms with Crippen LogP contribution in [0.1, 0.15) is 19.8 Å². The highest BCUT2D eigenvalue weighted by Gasteiger charge is 2.14. The lowest BCUT2D eigenvalue weighted by atomic mass is 10.2. The van der Waals surface area contributed by atoms with Crippen LogP contribution in [-0.2, 0) is 19.0 Å². The van der Waals surface area contributed by atoms with E-state index >= 15 is 0 Å². The molecule has 0 aromatic rings. The van der Waals surface area contributed by atoms with E-state index in [-0.39, 0.29) is 5.97 Å². The van der Waals surface area contributed by atoms with Crippen LogP contribution in [0.3, 0.4) is 0 Å². The number of nitrogens with zero attached hydrogens (tertiary/aromatic N) is 1. The molecular formula is C12H25NO4. The first kappa shape index (κ1) is 16.4. The normalized spacial score (nSPS) is 12.8. The number of methoxy groups -OCH3 is 3. The molecule has 17 heavy (non-hydrogen) atoms. The molecule has 5 nitrogen and oxygen atoms in total. The van der Waals surface area contributed by atoms with Gasteiger partial charge in [-0.3, -0.25) is 9.69 Å². The van der Waals surface area contributed by atoms with Crippen molar-refractivity contribution in [2.45, 2.75) is 25.8 Å². The van der Waals surface area contributed by atoms with E-state index in [0.29, 0.717) is 25.6 Å². The Hall–Kier alpha value is -0.650. The highest BCUT2D eigenvalue weighted by atomic mass is 16.5. The summed E-state index contributed by atoms with van der Waals surface area (Å²) in [6.07, 6.45) is 1.36. The Labute approximate surface area is 104 Å². The Balaban J connectivity index is 4.06. The van der Waals surface area contributed by atoms with E-state index in [2.05, 4.69) is 16.6 Å². The second-order valence-corrected chi connectivity index (χ2v) is 3.99. The summed E-state index contributed by atoms with van der Waals surface area (Å²) in [6.45, 7) is 5.03. The van der Waals surface area contributed by atoms with Crippen molar-refractivity contribution < 1.29 is 19.0 Å². The molecule has 0 amide bonds. The van der Waals surface area contributed by atoms with Crippen LogP contribution >= 0.6 is 0 Å². The summed E-state index contributed by atoms with van der Waals surface area (Å²) in [5, 5.41) is 0. The molecule has 0 aromatic carbocycles. The van der Waals surface area contributed by atoms with E-state index < -0.39 is 0 Å². The second-order valence-electron chi connectivity index (χ2n) is 3.99. The van der Waals surface area contributed by atoms with Crippen LogP contribution in [0, 0.1) is 0 Å². The van der Waals surface area contributed by atoms with Gasteiger partial charge in [-0.05, 0) is 13.3 Å². The second kappa shape index (κ2) is 10.5. The van der Waals surface area contributed by atoms with Gasteiger partial charge in [-0.2, -0.15) is 0 Å². The smallest absolute Gasteiger partial charge is 0.306 e. The van der Waals surface area contributed by atoms with Gasteiger partial charge in [0.05, 0.1) is 20.1 Å². The molecule has 1 unspecified atom stereocenters. The lowest BCUT2D eigenvalue weighted by molar-refractivity contribution is -0.141. The van der Waals surface area contributed by atoms with Crippen molar-refractivity contribution in [3.8, 4) is 0 Å². The number of esters is 1. The van der Waals surface area contributed by atoms with Crippen molar-refractivity contribution in [2.75, 3.05) is 47.6 Å². The first-order valence-corrected chi connectivity index (χ1v) is 5.94. The summed E-state index contributed by atoms with van der Waals surface area (Å²) in [4.78, 5) is 13.3. The Morgan fingerprint density at radius 1 is 1.12 bits per heavy atom. The van der Waals surface area contributed by atoms with Crippen molar-refractivity contribution >= 4 is 5.97 Å². The molecule has 0 saturated heterocycles. The minimum atomic E-state index is -0.175. The van der Waals surface area contributed by atoms with Gasteiger partial charge in [0.1, 0.15) is 0 Å². The zero-order valence-electron chi connectivity index (χ0n) is 11.4. The molecule has 0 aromatic heterocycles. The fourth-order valence-corrected chi connectivity index (χ4v) is 1.57. The highest BCUT2D eigenvalue weighted by Crippen LogP contribution is 2.05. The van der Waals surface area contributed by atoms with E-state index in [9.17, 15) is 4.79 Å². The van der Waals surface area contributed by atoms with Gasteiger partial charge in [-0.25, -0.2) is 0 Å². The van der Waals surface area contributed by atoms with Crippen LogP contribution in [0.4, 0.5) is 0 Å². The van der Waals surface area contributed by atoms with Gasteiger partial charge in [-0.1, -0.05) is 0 Å². The van der Waals surface area contributed by atoms with Gasteiger partial charge in [0.25, 0.3) is 0 Å². The summed E-state index contributed by atoms with van der Waals surface area (Å²) in [6, 6.07) is 0.370. The number of hydrogen-bond donors (Lipinski definition) is 0. The maximum absolute atomic E-state index is 11.1. The molecule has 0 radical (unpaired) electrons. The number of hydrogen-bond acceptors (Lipinski definition) is 5. The summed E-state index contributed by atoms with van der Waals surface area (Å²) < 4.78 is 14.8. The van der Waals surface area contributed by atoms with Gasteiger partial charge in [0.2, 0.25) is 0 Å². The van der Waals surface area contributed by atoms with Crippen LogP contribution in [0.2, 0.25) is 0 Å². The van der Waals surface area contributed by atoms with Gasteiger partial charge in [-0.15, -0.1) is 0 Å². The molecule has 0 aliphatic carbocycles. The minimum Gasteiger partial charge on any atom is -0.469 e. The number of ether oxygens (including phenoxy) is 3. The van der Waals surface area contributed by atoms with Crippen molar-refractivity contribution in [3.63, 3.8) is 0 Å². The largest absolute Gasteiger partial charge is 0.469 e. The summed E-state index contributed by atoms with van der Waals surface area (Å²) in [5.74, 6) is -0.175. The van der Waals surface area contributed by atoms with Crippen molar-refractivity contribution in [1.29, 1.82) is 0 Å². The van der Waals surface area contributed by atoms with E-state index in [1.165, 1.54) is 7.11 Å². The summed E-state index contributed by atoms with van der Waals surface area (Å²) in [5.41, 5.74) is 0. The maximum atomic E-state index is 11.1. The predicted molar refractivity (Wildman–Crippen MR) is 66.0 cm³/mol. The standard InChI is InChI=1S/C12H25NO4/c1-11(6-9-15-2)13(8-10-16-3)7-5-12(14)17-4/h11H,5-10H2,1-4H3. The third-order valence-corrected chi connectivity index (χ3v) is 2.78. The predicted octanol–water partition coefficient (Wildman–Crippen LogP) is 0.923. The van der Waals surface area contributed by atoms with Crippen LogP contribution in [0.25, 0.3) is 0 Å². The Morgan fingerprint density at radius 3 is 2.29 bits per heavy atom. The topological polar surface area (TPSA) is 48.0 Å². The fourth-order valence-electron chi connectivity index (χ4n) is 1.57. The van der Waals surface area contributed by atoms with E-state index in [1.54, 1.807) is 14.2 Å². The van der Waals surface area contributed by atoms with E-state index in [0.717, 1.165) is 19.6 Å². The van der Waals surface area contributed by atoms with Gasteiger partial charge in [0, 0.05) is 40.0 Å². The molecule has 0 rings (SSSR count). The Morgan fingerprint density at radius 2 is 1.76 bits per heavy atom. The van der Waals surface area contributed by atoms with Crippen molar-refractivity contribution in [2.24, 2.45) is 0 Å². The van der Waals surface area contributed by atoms with Crippen LogP contribution < -0.4 is 0 Å². The summed E-state index contributed by atoms with van der Waals surface area (Å²) in [7, 11) is 4.79. The van der Waals surface area contributed by atoms with Crippen LogP contribution in [-0.4, -0.2) is 64.5 Å². The first-order chi connectivity index (χ1) is 8.15. The fraction of sp³-hybridized carbons (Fsp3) is 0.917. The molecule has 0 N–H and O–H groups in total. The molecule has 0 saturated carbocycles. The van der Waals surface area contributed by atoms with Crippen LogP contribution in [0.15, 0.2) is 0 Å². The molecule has 0 fully saturated rings. The third kappa shape index (κ3) is 8.12. The number of rotatable bonds is 10. The lowest BCUT2D eigenvalue weighted by Crippen LogP contribution is -2.38. The third-order valence-electron chi connectivity index (χ3n) is 2.78. The molecule has 0 aliphatic rings. The lowest BCUT2D eigenvalue weighted by Gasteiger charge is -2.28. The number of carbonyl (C=O) groups excluding carboxylic acids is 1. The first-order valence-electron chi connectivity index (χ1n) is 5.94. The Kier molecular flexibility index (Phi) is 10.1. The highest BCUT2D eigenvalue weighted by molar-refractivity contribution is 5.69. The average Bonchev–Trinajstić information content (AvgIpc) is 2.35. The van der Waals surface area contributed by atoms with E-state index in [4.69, 9.17) is 9.47 Å². The van der Waals surface area contributed by atoms with E-state index in [1.807, 2.05) is 0 Å². The molecule has 0 aliphatic heterocycles. The van der Waals surface area contributed by atoms with Crippen molar-refractivity contribution in [3.05, 3.63) is 0 Å². The van der Waals surface area contributed by atoms with Crippen LogP contribution in [0.5, 0.6) is 0 Å². The quantitative estimate of drug-likeness (QED) is 0.537. The van der Waals surface area contributed by atoms with Gasteiger partial charge < -0.3 is 14.2 Å². The minimum absolute atomic E-state index is 0.175. The molecule has 0 spiro atoms. The molecular weight excluding hydrogens is 222 g/mol. The maximum Gasteiger partial charge on any atom is 0.306 e.